The molecule has 1 N–H and O–H groups in total. The lowest BCUT2D eigenvalue weighted by Crippen LogP contribution is -2.20. The molecule has 102 valence electrons. The van der Waals surface area contributed by atoms with Crippen molar-refractivity contribution in [3.8, 4) is 0 Å². The zero-order chi connectivity index (χ0) is 13.7. The Balaban J connectivity index is 1.88. The maximum atomic E-state index is 10.1. The van der Waals surface area contributed by atoms with Crippen LogP contribution in [-0.4, -0.2) is 28.9 Å². The van der Waals surface area contributed by atoms with Crippen LogP contribution in [0.15, 0.2) is 34.7 Å². The van der Waals surface area contributed by atoms with Crippen molar-refractivity contribution in [1.82, 2.24) is 10.2 Å². The summed E-state index contributed by atoms with van der Waals surface area (Å²) in [7, 11) is 1.88. The molecule has 1 atom stereocenters. The Morgan fingerprint density at radius 3 is 2.63 bits per heavy atom. The molecule has 1 aromatic carbocycles. The fourth-order valence-electron chi connectivity index (χ4n) is 1.80. The molecule has 1 aromatic heterocycles. The van der Waals surface area contributed by atoms with Crippen LogP contribution >= 0.6 is 0 Å². The van der Waals surface area contributed by atoms with E-state index >= 15 is 0 Å². The van der Waals surface area contributed by atoms with Crippen LogP contribution in [0.1, 0.15) is 30.9 Å². The van der Waals surface area contributed by atoms with E-state index in [1.165, 1.54) is 0 Å². The van der Waals surface area contributed by atoms with Crippen LogP contribution in [0.5, 0.6) is 0 Å². The Morgan fingerprint density at radius 2 is 2.00 bits per heavy atom. The molecule has 0 aliphatic rings. The van der Waals surface area contributed by atoms with Crippen molar-refractivity contribution in [2.75, 3.05) is 18.5 Å². The minimum atomic E-state index is -0.475. The third kappa shape index (κ3) is 3.54. The number of aryl methyl sites for hydroxylation is 1. The first kappa shape index (κ1) is 13.5. The Kier molecular flexibility index (Phi) is 4.52. The number of rotatable bonds is 6. The van der Waals surface area contributed by atoms with Crippen molar-refractivity contribution in [3.63, 3.8) is 0 Å². The molecule has 0 aliphatic carbocycles. The van der Waals surface area contributed by atoms with Crippen molar-refractivity contribution in [2.24, 2.45) is 0 Å². The third-order valence-corrected chi connectivity index (χ3v) is 3.01. The number of hydrogen-bond donors (Lipinski definition) is 1. The molecule has 0 aliphatic heterocycles. The Bertz CT molecular complexity index is 498. The first-order valence-corrected chi connectivity index (χ1v) is 6.47. The molecule has 0 unspecified atom stereocenters. The number of aliphatic hydroxyl groups excluding tert-OH is 1. The summed E-state index contributed by atoms with van der Waals surface area (Å²) in [5, 5.41) is 18.0. The van der Waals surface area contributed by atoms with Crippen molar-refractivity contribution < 1.29 is 9.52 Å². The lowest BCUT2D eigenvalue weighted by molar-refractivity contribution is 0.169. The number of hydrogen-bond acceptors (Lipinski definition) is 5. The highest BCUT2D eigenvalue weighted by Crippen LogP contribution is 2.18. The maximum absolute atomic E-state index is 10.1. The van der Waals surface area contributed by atoms with Crippen LogP contribution in [0.3, 0.4) is 0 Å². The first-order chi connectivity index (χ1) is 9.20. The quantitative estimate of drug-likeness (QED) is 0.863. The summed E-state index contributed by atoms with van der Waals surface area (Å²) in [5.41, 5.74) is 0.927. The van der Waals surface area contributed by atoms with Gasteiger partial charge in [0.2, 0.25) is 5.89 Å². The Hall–Kier alpha value is -1.88. The van der Waals surface area contributed by atoms with Gasteiger partial charge in [-0.15, -0.1) is 5.10 Å². The number of anilines is 1. The highest BCUT2D eigenvalue weighted by atomic mass is 16.4. The number of benzene rings is 1. The molecule has 0 spiro atoms. The van der Waals surface area contributed by atoms with Crippen LogP contribution in [0.4, 0.5) is 6.01 Å². The van der Waals surface area contributed by atoms with E-state index < -0.39 is 6.10 Å². The van der Waals surface area contributed by atoms with E-state index in [4.69, 9.17) is 4.42 Å². The molecule has 2 aromatic rings. The van der Waals surface area contributed by atoms with Gasteiger partial charge in [-0.2, -0.15) is 0 Å². The van der Waals surface area contributed by atoms with E-state index in [2.05, 4.69) is 10.2 Å². The fraction of sp³-hybridized carbons (Fsp3) is 0.429. The highest BCUT2D eigenvalue weighted by Gasteiger charge is 2.12. The van der Waals surface area contributed by atoms with Gasteiger partial charge in [0, 0.05) is 20.0 Å². The molecule has 0 bridgehead atoms. The lowest BCUT2D eigenvalue weighted by atomic mass is 10.1. The average molecular weight is 261 g/mol. The summed E-state index contributed by atoms with van der Waals surface area (Å²) in [5.74, 6) is 0.630. The monoisotopic (exact) mass is 261 g/mol. The van der Waals surface area contributed by atoms with Gasteiger partial charge >= 0.3 is 6.01 Å². The van der Waals surface area contributed by atoms with E-state index in [0.29, 0.717) is 24.9 Å². The van der Waals surface area contributed by atoms with Crippen molar-refractivity contribution in [2.45, 2.75) is 25.9 Å². The average Bonchev–Trinajstić information content (AvgIpc) is 2.94. The number of aromatic nitrogens is 2. The number of aliphatic hydroxyl groups is 1. The molecule has 5 heteroatoms. The van der Waals surface area contributed by atoms with Gasteiger partial charge in [0.05, 0.1) is 6.10 Å². The smallest absolute Gasteiger partial charge is 0.317 e. The summed E-state index contributed by atoms with van der Waals surface area (Å²) in [4.78, 5) is 1.86. The van der Waals surface area contributed by atoms with Crippen molar-refractivity contribution in [1.29, 1.82) is 0 Å². The van der Waals surface area contributed by atoms with Gasteiger partial charge in [0.25, 0.3) is 0 Å². The van der Waals surface area contributed by atoms with Gasteiger partial charge in [0.1, 0.15) is 0 Å². The Labute approximate surface area is 112 Å². The summed E-state index contributed by atoms with van der Waals surface area (Å²) in [6, 6.07) is 10.1. The molecule has 0 fully saturated rings. The standard InChI is InChI=1S/C14H19N3O2/c1-3-13-15-16-14(19-13)17(2)10-9-12(18)11-7-5-4-6-8-11/h4-8,12,18H,3,9-10H2,1-2H3/t12-/m0/s1. The van der Waals surface area contributed by atoms with Crippen LogP contribution in [0.2, 0.25) is 0 Å². The van der Waals surface area contributed by atoms with E-state index in [9.17, 15) is 5.11 Å². The topological polar surface area (TPSA) is 62.4 Å². The predicted octanol–water partition coefficient (Wildman–Crippen LogP) is 2.19. The number of nitrogens with zero attached hydrogens (tertiary/aromatic N) is 3. The van der Waals surface area contributed by atoms with E-state index in [-0.39, 0.29) is 0 Å². The molecule has 0 amide bonds. The molecule has 0 saturated carbocycles. The fourth-order valence-corrected chi connectivity index (χ4v) is 1.80. The predicted molar refractivity (Wildman–Crippen MR) is 73.0 cm³/mol. The molecule has 0 radical (unpaired) electrons. The molecule has 1 heterocycles. The van der Waals surface area contributed by atoms with Gasteiger partial charge in [-0.3, -0.25) is 0 Å². The van der Waals surface area contributed by atoms with Gasteiger partial charge in [-0.05, 0) is 12.0 Å². The van der Waals surface area contributed by atoms with E-state index in [0.717, 1.165) is 12.0 Å². The van der Waals surface area contributed by atoms with Gasteiger partial charge < -0.3 is 14.4 Å². The minimum Gasteiger partial charge on any atom is -0.408 e. The molecule has 19 heavy (non-hydrogen) atoms. The van der Waals surface area contributed by atoms with Crippen LogP contribution in [-0.2, 0) is 6.42 Å². The zero-order valence-corrected chi connectivity index (χ0v) is 11.3. The lowest BCUT2D eigenvalue weighted by Gasteiger charge is -2.17. The highest BCUT2D eigenvalue weighted by molar-refractivity contribution is 5.22. The first-order valence-electron chi connectivity index (χ1n) is 6.47. The molecule has 5 nitrogen and oxygen atoms in total. The van der Waals surface area contributed by atoms with Crippen LogP contribution < -0.4 is 4.90 Å². The summed E-state index contributed by atoms with van der Waals surface area (Å²) < 4.78 is 5.45. The molecular weight excluding hydrogens is 242 g/mol. The summed E-state index contributed by atoms with van der Waals surface area (Å²) >= 11 is 0. The SMILES string of the molecule is CCc1nnc(N(C)CC[C@H](O)c2ccccc2)o1. The molecular formula is C14H19N3O2. The van der Waals surface area contributed by atoms with Gasteiger partial charge in [0.15, 0.2) is 0 Å². The Morgan fingerprint density at radius 1 is 1.26 bits per heavy atom. The van der Waals surface area contributed by atoms with Crippen molar-refractivity contribution in [3.05, 3.63) is 41.8 Å². The van der Waals surface area contributed by atoms with Gasteiger partial charge in [-0.1, -0.05) is 42.4 Å². The van der Waals surface area contributed by atoms with Crippen LogP contribution in [0, 0.1) is 0 Å². The van der Waals surface area contributed by atoms with Gasteiger partial charge in [-0.25, -0.2) is 0 Å². The second-order valence-corrected chi connectivity index (χ2v) is 4.47. The minimum absolute atomic E-state index is 0.475. The summed E-state index contributed by atoms with van der Waals surface area (Å²) in [6.07, 6.45) is 0.870. The second-order valence-electron chi connectivity index (χ2n) is 4.47. The normalized spacial score (nSPS) is 12.4. The van der Waals surface area contributed by atoms with Crippen molar-refractivity contribution >= 4 is 6.01 Å². The zero-order valence-electron chi connectivity index (χ0n) is 11.3. The second kappa shape index (κ2) is 6.33. The third-order valence-electron chi connectivity index (χ3n) is 3.01. The van der Waals surface area contributed by atoms with Crippen LogP contribution in [0.25, 0.3) is 0 Å². The van der Waals surface area contributed by atoms with E-state index in [1.54, 1.807) is 0 Å². The summed E-state index contributed by atoms with van der Waals surface area (Å²) in [6.45, 7) is 2.62. The molecule has 2 rings (SSSR count). The molecule has 0 saturated heterocycles. The largest absolute Gasteiger partial charge is 0.408 e. The van der Waals surface area contributed by atoms with E-state index in [1.807, 2.05) is 49.2 Å². The maximum Gasteiger partial charge on any atom is 0.317 e.